The van der Waals surface area contributed by atoms with Crippen molar-refractivity contribution in [3.8, 4) is 6.07 Å². The normalized spacial score (nSPS) is 10.6. The molecule has 0 aliphatic heterocycles. The Balaban J connectivity index is 1.92. The van der Waals surface area contributed by atoms with Crippen LogP contribution in [0.15, 0.2) is 48.7 Å². The molecule has 136 valence electrons. The van der Waals surface area contributed by atoms with Gasteiger partial charge in [-0.15, -0.1) is 0 Å². The molecule has 1 heterocycles. The van der Waals surface area contributed by atoms with Gasteiger partial charge in [0, 0.05) is 30.7 Å². The van der Waals surface area contributed by atoms with Gasteiger partial charge in [-0.3, -0.25) is 9.78 Å². The van der Waals surface area contributed by atoms with Gasteiger partial charge < -0.3 is 10.6 Å². The van der Waals surface area contributed by atoms with Crippen molar-refractivity contribution in [2.45, 2.75) is 26.3 Å². The quantitative estimate of drug-likeness (QED) is 0.716. The predicted octanol–water partition coefficient (Wildman–Crippen LogP) is 4.20. The molecule has 1 amide bonds. The predicted molar refractivity (Wildman–Crippen MR) is 108 cm³/mol. The van der Waals surface area contributed by atoms with Crippen molar-refractivity contribution in [2.75, 3.05) is 12.4 Å². The van der Waals surface area contributed by atoms with E-state index < -0.39 is 0 Å². The first-order chi connectivity index (χ1) is 13.0. The van der Waals surface area contributed by atoms with E-state index >= 15 is 0 Å². The summed E-state index contributed by atoms with van der Waals surface area (Å²) >= 11 is 0. The van der Waals surface area contributed by atoms with Crippen molar-refractivity contribution in [2.24, 2.45) is 0 Å². The molecule has 0 fully saturated rings. The fraction of sp³-hybridized carbons (Fsp3) is 0.227. The Morgan fingerprint density at radius 1 is 1.19 bits per heavy atom. The number of carbonyl (C=O) groups excluding carboxylic acids is 1. The van der Waals surface area contributed by atoms with E-state index in [1.165, 1.54) is 5.56 Å². The lowest BCUT2D eigenvalue weighted by Gasteiger charge is -2.14. The highest BCUT2D eigenvalue weighted by molar-refractivity contribution is 5.95. The zero-order valence-corrected chi connectivity index (χ0v) is 15.7. The number of hydrogen-bond donors (Lipinski definition) is 2. The Morgan fingerprint density at radius 3 is 2.56 bits per heavy atom. The summed E-state index contributed by atoms with van der Waals surface area (Å²) in [5.74, 6) is 0.285. The minimum atomic E-state index is -0.109. The van der Waals surface area contributed by atoms with Crippen LogP contribution >= 0.6 is 0 Å². The molecule has 0 atom stereocenters. The molecule has 0 radical (unpaired) electrons. The highest BCUT2D eigenvalue weighted by Gasteiger charge is 2.11. The van der Waals surface area contributed by atoms with Gasteiger partial charge in [0.1, 0.15) is 6.07 Å². The molecule has 2 N–H and O–H groups in total. The van der Waals surface area contributed by atoms with E-state index in [2.05, 4.69) is 47.7 Å². The van der Waals surface area contributed by atoms with Crippen molar-refractivity contribution in [1.82, 2.24) is 10.3 Å². The molecule has 5 heteroatoms. The molecular weight excluding hydrogens is 336 g/mol. The molecule has 0 aliphatic rings. The molecule has 27 heavy (non-hydrogen) atoms. The van der Waals surface area contributed by atoms with Gasteiger partial charge >= 0.3 is 0 Å². The lowest BCUT2D eigenvalue weighted by molar-refractivity contribution is 0.0963. The van der Waals surface area contributed by atoms with Gasteiger partial charge in [-0.05, 0) is 41.3 Å². The molecule has 1 aromatic heterocycles. The van der Waals surface area contributed by atoms with Crippen LogP contribution < -0.4 is 10.6 Å². The van der Waals surface area contributed by atoms with Crippen LogP contribution in [0.25, 0.3) is 10.9 Å². The maximum atomic E-state index is 11.7. The first-order valence-corrected chi connectivity index (χ1v) is 8.91. The summed E-state index contributed by atoms with van der Waals surface area (Å²) in [6.07, 6.45) is 1.61. The van der Waals surface area contributed by atoms with E-state index in [0.717, 1.165) is 22.2 Å². The summed E-state index contributed by atoms with van der Waals surface area (Å²) < 4.78 is 0. The second-order valence-corrected chi connectivity index (χ2v) is 6.72. The first kappa shape index (κ1) is 18.4. The van der Waals surface area contributed by atoms with Gasteiger partial charge in [0.05, 0.1) is 16.8 Å². The first-order valence-electron chi connectivity index (χ1n) is 8.91. The standard InChI is InChI=1S/C22H22N4O/c1-14(2)17-8-9-20-19(10-17)21(18(11-23)13-25-20)26-12-15-4-6-16(7-5-15)22(27)24-3/h4-10,13-14H,12H2,1-3H3,(H,24,27)(H,25,26). The Morgan fingerprint density at radius 2 is 1.93 bits per heavy atom. The number of nitrogens with one attached hydrogen (secondary N) is 2. The van der Waals surface area contributed by atoms with E-state index in [1.54, 1.807) is 25.4 Å². The number of nitrogens with zero attached hydrogens (tertiary/aromatic N) is 2. The lowest BCUT2D eigenvalue weighted by atomic mass is 9.99. The highest BCUT2D eigenvalue weighted by atomic mass is 16.1. The lowest BCUT2D eigenvalue weighted by Crippen LogP contribution is -2.17. The molecule has 0 saturated heterocycles. The smallest absolute Gasteiger partial charge is 0.251 e. The van der Waals surface area contributed by atoms with Gasteiger partial charge in [-0.1, -0.05) is 32.0 Å². The van der Waals surface area contributed by atoms with Gasteiger partial charge in [0.15, 0.2) is 0 Å². The molecule has 0 bridgehead atoms. The van der Waals surface area contributed by atoms with Crippen molar-refractivity contribution in [1.29, 1.82) is 5.26 Å². The van der Waals surface area contributed by atoms with Crippen molar-refractivity contribution in [3.63, 3.8) is 0 Å². The number of benzene rings is 2. The largest absolute Gasteiger partial charge is 0.379 e. The molecule has 3 aromatic rings. The van der Waals surface area contributed by atoms with E-state index in [4.69, 9.17) is 0 Å². The van der Waals surface area contributed by atoms with Crippen molar-refractivity contribution in [3.05, 3.63) is 70.9 Å². The Kier molecular flexibility index (Phi) is 5.37. The number of aromatic nitrogens is 1. The number of rotatable bonds is 5. The number of anilines is 1. The third kappa shape index (κ3) is 3.90. The minimum Gasteiger partial charge on any atom is -0.379 e. The van der Waals surface area contributed by atoms with Crippen LogP contribution in [0.3, 0.4) is 0 Å². The van der Waals surface area contributed by atoms with Crippen LogP contribution in [0.4, 0.5) is 5.69 Å². The molecule has 0 saturated carbocycles. The van der Waals surface area contributed by atoms with Crippen LogP contribution in [0.2, 0.25) is 0 Å². The van der Waals surface area contributed by atoms with Crippen LogP contribution in [-0.2, 0) is 6.54 Å². The summed E-state index contributed by atoms with van der Waals surface area (Å²) in [6, 6.07) is 15.8. The number of hydrogen-bond acceptors (Lipinski definition) is 4. The fourth-order valence-corrected chi connectivity index (χ4v) is 2.95. The highest BCUT2D eigenvalue weighted by Crippen LogP contribution is 2.29. The second-order valence-electron chi connectivity index (χ2n) is 6.72. The van der Waals surface area contributed by atoms with Crippen molar-refractivity contribution >= 4 is 22.5 Å². The molecule has 5 nitrogen and oxygen atoms in total. The van der Waals surface area contributed by atoms with Crippen molar-refractivity contribution < 1.29 is 4.79 Å². The Bertz CT molecular complexity index is 1020. The SMILES string of the molecule is CNC(=O)c1ccc(CNc2c(C#N)cnc3ccc(C(C)C)cc23)cc1. The maximum Gasteiger partial charge on any atom is 0.251 e. The van der Waals surface area contributed by atoms with E-state index in [-0.39, 0.29) is 5.91 Å². The molecule has 0 spiro atoms. The zero-order chi connectivity index (χ0) is 19.4. The van der Waals surface area contributed by atoms with Gasteiger partial charge in [0.2, 0.25) is 0 Å². The third-order valence-corrected chi connectivity index (χ3v) is 4.59. The van der Waals surface area contributed by atoms with E-state index in [1.807, 2.05) is 18.2 Å². The second kappa shape index (κ2) is 7.88. The number of fused-ring (bicyclic) bond motifs is 1. The number of pyridine rings is 1. The fourth-order valence-electron chi connectivity index (χ4n) is 2.95. The topological polar surface area (TPSA) is 77.8 Å². The monoisotopic (exact) mass is 358 g/mol. The average Bonchev–Trinajstić information content (AvgIpc) is 2.71. The van der Waals surface area contributed by atoms with Crippen LogP contribution in [0.5, 0.6) is 0 Å². The number of carbonyl (C=O) groups is 1. The van der Waals surface area contributed by atoms with Gasteiger partial charge in [-0.25, -0.2) is 0 Å². The maximum absolute atomic E-state index is 11.7. The van der Waals surface area contributed by atoms with E-state index in [9.17, 15) is 10.1 Å². The van der Waals surface area contributed by atoms with Crippen LogP contribution in [-0.4, -0.2) is 17.9 Å². The molecular formula is C22H22N4O. The third-order valence-electron chi connectivity index (χ3n) is 4.59. The summed E-state index contributed by atoms with van der Waals surface area (Å²) in [4.78, 5) is 16.1. The number of amides is 1. The summed E-state index contributed by atoms with van der Waals surface area (Å²) in [6.45, 7) is 4.83. The summed E-state index contributed by atoms with van der Waals surface area (Å²) in [5, 5.41) is 16.5. The molecule has 3 rings (SSSR count). The minimum absolute atomic E-state index is 0.109. The summed E-state index contributed by atoms with van der Waals surface area (Å²) in [5.41, 5.74) is 5.02. The van der Waals surface area contributed by atoms with Crippen LogP contribution in [0, 0.1) is 11.3 Å². The molecule has 0 unspecified atom stereocenters. The van der Waals surface area contributed by atoms with Crippen LogP contribution in [0.1, 0.15) is 46.8 Å². The molecule has 0 aliphatic carbocycles. The summed E-state index contributed by atoms with van der Waals surface area (Å²) in [7, 11) is 1.61. The Hall–Kier alpha value is -3.39. The van der Waals surface area contributed by atoms with E-state index in [0.29, 0.717) is 23.6 Å². The zero-order valence-electron chi connectivity index (χ0n) is 15.7. The average molecular weight is 358 g/mol. The molecule has 2 aromatic carbocycles. The van der Waals surface area contributed by atoms with Gasteiger partial charge in [0.25, 0.3) is 5.91 Å². The number of nitriles is 1. The Labute approximate surface area is 159 Å². The van der Waals surface area contributed by atoms with Gasteiger partial charge in [-0.2, -0.15) is 5.26 Å².